The number of aromatic nitrogens is 2. The summed E-state index contributed by atoms with van der Waals surface area (Å²) in [5.74, 6) is 1.56. The molecule has 30 heavy (non-hydrogen) atoms. The van der Waals surface area contributed by atoms with Crippen molar-refractivity contribution in [3.63, 3.8) is 0 Å². The first-order valence-electron chi connectivity index (χ1n) is 9.19. The van der Waals surface area contributed by atoms with Gasteiger partial charge in [-0.15, -0.1) is 0 Å². The summed E-state index contributed by atoms with van der Waals surface area (Å²) >= 11 is 7.46. The van der Waals surface area contributed by atoms with E-state index in [1.54, 1.807) is 26.6 Å². The van der Waals surface area contributed by atoms with Crippen LogP contribution >= 0.6 is 31.9 Å². The minimum absolute atomic E-state index is 0.780. The van der Waals surface area contributed by atoms with Crippen molar-refractivity contribution in [2.24, 2.45) is 0 Å². The summed E-state index contributed by atoms with van der Waals surface area (Å²) in [6, 6.07) is 15.8. The Morgan fingerprint density at radius 1 is 0.567 bits per heavy atom. The van der Waals surface area contributed by atoms with Gasteiger partial charge in [-0.25, -0.2) is 0 Å². The molecular weight excluding hydrogens is 508 g/mol. The van der Waals surface area contributed by atoms with E-state index in [4.69, 9.17) is 9.47 Å². The summed E-state index contributed by atoms with van der Waals surface area (Å²) in [6.07, 6.45) is 7.31. The highest BCUT2D eigenvalue weighted by molar-refractivity contribution is 9.11. The van der Waals surface area contributed by atoms with Crippen molar-refractivity contribution in [1.29, 1.82) is 0 Å². The third-order valence-corrected chi connectivity index (χ3v) is 6.05. The Labute approximate surface area is 192 Å². The van der Waals surface area contributed by atoms with Gasteiger partial charge >= 0.3 is 0 Å². The fraction of sp³-hybridized carbons (Fsp3) is 0.0833. The van der Waals surface area contributed by atoms with Crippen LogP contribution in [-0.2, 0) is 0 Å². The molecule has 0 saturated heterocycles. The molecule has 2 aromatic heterocycles. The van der Waals surface area contributed by atoms with E-state index in [0.717, 1.165) is 53.8 Å². The molecule has 0 amide bonds. The third-order valence-electron chi connectivity index (χ3n) is 4.84. The van der Waals surface area contributed by atoms with E-state index in [0.29, 0.717) is 0 Å². The van der Waals surface area contributed by atoms with Crippen molar-refractivity contribution in [3.8, 4) is 44.9 Å². The van der Waals surface area contributed by atoms with Crippen LogP contribution in [0.3, 0.4) is 0 Å². The number of rotatable bonds is 5. The molecule has 0 spiro atoms. The molecular formula is C24H18Br2N2O2. The van der Waals surface area contributed by atoms with Crippen LogP contribution in [0.2, 0.25) is 0 Å². The van der Waals surface area contributed by atoms with Crippen LogP contribution in [0.25, 0.3) is 33.4 Å². The van der Waals surface area contributed by atoms with Gasteiger partial charge in [-0.05, 0) is 44.0 Å². The van der Waals surface area contributed by atoms with Gasteiger partial charge in [0.25, 0.3) is 0 Å². The van der Waals surface area contributed by atoms with Gasteiger partial charge in [0.1, 0.15) is 11.5 Å². The average Bonchev–Trinajstić information content (AvgIpc) is 2.79. The van der Waals surface area contributed by atoms with E-state index >= 15 is 0 Å². The van der Waals surface area contributed by atoms with Crippen LogP contribution < -0.4 is 9.47 Å². The van der Waals surface area contributed by atoms with Crippen molar-refractivity contribution in [2.75, 3.05) is 14.2 Å². The molecule has 2 heterocycles. The predicted molar refractivity (Wildman–Crippen MR) is 127 cm³/mol. The zero-order chi connectivity index (χ0) is 21.1. The first-order chi connectivity index (χ1) is 14.7. The number of methoxy groups -OCH3 is 2. The number of pyridine rings is 2. The number of halogens is 2. The zero-order valence-electron chi connectivity index (χ0n) is 16.4. The smallest absolute Gasteiger partial charge is 0.126 e. The average molecular weight is 526 g/mol. The van der Waals surface area contributed by atoms with Crippen LogP contribution in [0.4, 0.5) is 0 Å². The van der Waals surface area contributed by atoms with E-state index in [1.165, 1.54) is 0 Å². The summed E-state index contributed by atoms with van der Waals surface area (Å²) in [5, 5.41) is 0. The molecule has 0 saturated carbocycles. The maximum Gasteiger partial charge on any atom is 0.126 e. The minimum Gasteiger partial charge on any atom is -0.496 e. The molecule has 0 aliphatic heterocycles. The van der Waals surface area contributed by atoms with Crippen molar-refractivity contribution in [2.45, 2.75) is 0 Å². The predicted octanol–water partition coefficient (Wildman–Crippen LogP) is 7.02. The van der Waals surface area contributed by atoms with Gasteiger partial charge in [0, 0.05) is 67.1 Å². The first kappa shape index (κ1) is 20.6. The van der Waals surface area contributed by atoms with Gasteiger partial charge in [0.05, 0.1) is 14.2 Å². The second-order valence-electron chi connectivity index (χ2n) is 6.49. The summed E-state index contributed by atoms with van der Waals surface area (Å²) < 4.78 is 13.0. The Morgan fingerprint density at radius 3 is 1.37 bits per heavy atom. The van der Waals surface area contributed by atoms with Crippen molar-refractivity contribution < 1.29 is 9.47 Å². The molecule has 6 heteroatoms. The second kappa shape index (κ2) is 8.98. The maximum atomic E-state index is 5.62. The topological polar surface area (TPSA) is 44.2 Å². The number of benzene rings is 2. The second-order valence-corrected chi connectivity index (χ2v) is 8.20. The Kier molecular flexibility index (Phi) is 6.16. The molecule has 4 nitrogen and oxygen atoms in total. The Balaban J connectivity index is 2.07. The molecule has 4 rings (SSSR count). The lowest BCUT2D eigenvalue weighted by Crippen LogP contribution is -1.97. The molecule has 0 bridgehead atoms. The van der Waals surface area contributed by atoms with Crippen LogP contribution in [-0.4, -0.2) is 24.2 Å². The SMILES string of the molecule is COc1ccccc1-c1cncc(Br)c1-c1c(Br)cncc1-c1ccccc1OC. The van der Waals surface area contributed by atoms with Crippen LogP contribution in [0.5, 0.6) is 11.5 Å². The van der Waals surface area contributed by atoms with E-state index in [2.05, 4.69) is 41.8 Å². The van der Waals surface area contributed by atoms with Gasteiger partial charge in [-0.1, -0.05) is 36.4 Å². The van der Waals surface area contributed by atoms with Gasteiger partial charge < -0.3 is 9.47 Å². The number of para-hydroxylation sites is 2. The maximum absolute atomic E-state index is 5.62. The number of nitrogens with zero attached hydrogens (tertiary/aromatic N) is 2. The fourth-order valence-electron chi connectivity index (χ4n) is 3.52. The van der Waals surface area contributed by atoms with Crippen molar-refractivity contribution in [1.82, 2.24) is 9.97 Å². The normalized spacial score (nSPS) is 10.7. The van der Waals surface area contributed by atoms with Gasteiger partial charge in [-0.2, -0.15) is 0 Å². The van der Waals surface area contributed by atoms with Gasteiger partial charge in [0.15, 0.2) is 0 Å². The fourth-order valence-corrected chi connectivity index (χ4v) is 4.58. The Hall–Kier alpha value is -2.70. The molecule has 150 valence electrons. The van der Waals surface area contributed by atoms with Gasteiger partial charge in [-0.3, -0.25) is 9.97 Å². The monoisotopic (exact) mass is 524 g/mol. The molecule has 2 aromatic carbocycles. The summed E-state index contributed by atoms with van der Waals surface area (Å²) in [4.78, 5) is 8.86. The van der Waals surface area contributed by atoms with Crippen LogP contribution in [0.15, 0.2) is 82.3 Å². The molecule has 0 unspecified atom stereocenters. The molecule has 0 aliphatic rings. The molecule has 0 atom stereocenters. The van der Waals surface area contributed by atoms with E-state index in [1.807, 2.05) is 60.9 Å². The van der Waals surface area contributed by atoms with Gasteiger partial charge in [0.2, 0.25) is 0 Å². The summed E-state index contributed by atoms with van der Waals surface area (Å²) in [5.41, 5.74) is 5.79. The lowest BCUT2D eigenvalue weighted by atomic mass is 9.91. The first-order valence-corrected chi connectivity index (χ1v) is 10.8. The molecule has 0 fully saturated rings. The molecule has 0 aliphatic carbocycles. The summed E-state index contributed by atoms with van der Waals surface area (Å²) in [6.45, 7) is 0. The van der Waals surface area contributed by atoms with Crippen molar-refractivity contribution in [3.05, 3.63) is 82.3 Å². The highest BCUT2D eigenvalue weighted by Crippen LogP contribution is 2.47. The third kappa shape index (κ3) is 3.73. The lowest BCUT2D eigenvalue weighted by molar-refractivity contribution is 0.416. The highest BCUT2D eigenvalue weighted by atomic mass is 79.9. The highest BCUT2D eigenvalue weighted by Gasteiger charge is 2.22. The minimum atomic E-state index is 0.780. The van der Waals surface area contributed by atoms with Crippen LogP contribution in [0, 0.1) is 0 Å². The molecule has 0 radical (unpaired) electrons. The number of ether oxygens (including phenoxy) is 2. The quantitative estimate of drug-likeness (QED) is 0.281. The summed E-state index contributed by atoms with van der Waals surface area (Å²) in [7, 11) is 3.35. The largest absolute Gasteiger partial charge is 0.496 e. The van der Waals surface area contributed by atoms with E-state index in [-0.39, 0.29) is 0 Å². The van der Waals surface area contributed by atoms with E-state index in [9.17, 15) is 0 Å². The molecule has 0 N–H and O–H groups in total. The van der Waals surface area contributed by atoms with E-state index < -0.39 is 0 Å². The van der Waals surface area contributed by atoms with Crippen LogP contribution in [0.1, 0.15) is 0 Å². The Bertz CT molecular complexity index is 1120. The lowest BCUT2D eigenvalue weighted by Gasteiger charge is -2.19. The molecule has 4 aromatic rings. The zero-order valence-corrected chi connectivity index (χ0v) is 19.6. The number of hydrogen-bond donors (Lipinski definition) is 0. The van der Waals surface area contributed by atoms with Crippen molar-refractivity contribution >= 4 is 31.9 Å². The Morgan fingerprint density at radius 2 is 0.967 bits per heavy atom. The number of hydrogen-bond acceptors (Lipinski definition) is 4. The standard InChI is InChI=1S/C24H18Br2N2O2/c1-29-21-9-5-3-7-15(21)17-11-27-13-19(25)23(17)24-18(12-28-14-20(24)26)16-8-4-6-10-22(16)30-2/h3-14H,1-2H3.